The first kappa shape index (κ1) is 12.6. The summed E-state index contributed by atoms with van der Waals surface area (Å²) in [5, 5.41) is 3.90. The molecule has 1 spiro atoms. The monoisotopic (exact) mass is 261 g/mol. The van der Waals surface area contributed by atoms with Crippen molar-refractivity contribution < 1.29 is 0 Å². The van der Waals surface area contributed by atoms with Gasteiger partial charge in [-0.1, -0.05) is 38.1 Å². The quantitative estimate of drug-likeness (QED) is 0.757. The van der Waals surface area contributed by atoms with E-state index in [0.29, 0.717) is 5.41 Å². The minimum Gasteiger partial charge on any atom is -0.293 e. The fraction of sp³-hybridized carbons (Fsp3) is 0.625. The Balaban J connectivity index is 2.11. The maximum atomic E-state index is 3.90. The Morgan fingerprint density at radius 1 is 1.00 bits per heavy atom. The minimum atomic E-state index is 0.162. The molecule has 1 aromatic carbocycles. The van der Waals surface area contributed by atoms with Crippen LogP contribution in [0.3, 0.4) is 0 Å². The molecule has 0 aromatic heterocycles. The molecule has 1 unspecified atom stereocenters. The van der Waals surface area contributed by atoms with Crippen LogP contribution < -0.4 is 5.32 Å². The average molecular weight is 261 g/mol. The average Bonchev–Trinajstić information content (AvgIpc) is 2.63. The molecule has 1 N–H and O–H groups in total. The van der Waals surface area contributed by atoms with E-state index in [0.717, 1.165) is 0 Å². The van der Waals surface area contributed by atoms with E-state index in [9.17, 15) is 0 Å². The van der Waals surface area contributed by atoms with Crippen molar-refractivity contribution in [3.05, 3.63) is 35.4 Å². The molecule has 3 rings (SSSR count). The van der Waals surface area contributed by atoms with Crippen molar-refractivity contribution >= 4 is 11.8 Å². The number of benzene rings is 1. The molecule has 1 atom stereocenters. The highest BCUT2D eigenvalue weighted by Crippen LogP contribution is 2.54. The van der Waals surface area contributed by atoms with Crippen molar-refractivity contribution in [1.29, 1.82) is 0 Å². The van der Waals surface area contributed by atoms with Gasteiger partial charge in [0.2, 0.25) is 0 Å². The van der Waals surface area contributed by atoms with Gasteiger partial charge in [-0.15, -0.1) is 11.8 Å². The van der Waals surface area contributed by atoms with E-state index >= 15 is 0 Å². The molecule has 0 radical (unpaired) electrons. The van der Waals surface area contributed by atoms with Gasteiger partial charge in [-0.3, -0.25) is 5.32 Å². The summed E-state index contributed by atoms with van der Waals surface area (Å²) in [6.07, 6.45) is 2.51. The third-order valence-corrected chi connectivity index (χ3v) is 6.30. The van der Waals surface area contributed by atoms with Gasteiger partial charge >= 0.3 is 0 Å². The highest BCUT2D eigenvalue weighted by atomic mass is 32.2. The van der Waals surface area contributed by atoms with Crippen LogP contribution in [0.25, 0.3) is 0 Å². The van der Waals surface area contributed by atoms with Crippen molar-refractivity contribution in [1.82, 2.24) is 5.32 Å². The predicted octanol–water partition coefficient (Wildman–Crippen LogP) is 4.03. The molecule has 1 aliphatic carbocycles. The van der Waals surface area contributed by atoms with Gasteiger partial charge in [0.1, 0.15) is 0 Å². The van der Waals surface area contributed by atoms with Crippen LogP contribution in [0.15, 0.2) is 24.3 Å². The minimum absolute atomic E-state index is 0.162. The summed E-state index contributed by atoms with van der Waals surface area (Å²) < 4.78 is 0. The van der Waals surface area contributed by atoms with Crippen LogP contribution in [0.4, 0.5) is 0 Å². The highest BCUT2D eigenvalue weighted by molar-refractivity contribution is 8.00. The Kier molecular flexibility index (Phi) is 2.63. The van der Waals surface area contributed by atoms with Crippen molar-refractivity contribution in [2.24, 2.45) is 0 Å². The van der Waals surface area contributed by atoms with Gasteiger partial charge in [0, 0.05) is 11.3 Å². The van der Waals surface area contributed by atoms with E-state index in [4.69, 9.17) is 0 Å². The molecule has 1 fully saturated rings. The van der Waals surface area contributed by atoms with Gasteiger partial charge in [-0.2, -0.15) is 0 Å². The van der Waals surface area contributed by atoms with Crippen molar-refractivity contribution in [3.8, 4) is 0 Å². The number of rotatable bonds is 0. The van der Waals surface area contributed by atoms with E-state index in [1.807, 2.05) is 0 Å². The van der Waals surface area contributed by atoms with Gasteiger partial charge in [0.15, 0.2) is 0 Å². The topological polar surface area (TPSA) is 12.0 Å². The number of nitrogens with one attached hydrogen (secondary N) is 1. The van der Waals surface area contributed by atoms with Crippen LogP contribution in [0.2, 0.25) is 0 Å². The van der Waals surface area contributed by atoms with Crippen LogP contribution in [0.5, 0.6) is 0 Å². The van der Waals surface area contributed by atoms with Crippen molar-refractivity contribution in [2.75, 3.05) is 5.75 Å². The van der Waals surface area contributed by atoms with Gasteiger partial charge in [0.25, 0.3) is 0 Å². The maximum Gasteiger partial charge on any atom is 0.0909 e. The lowest BCUT2D eigenvalue weighted by atomic mass is 9.70. The second-order valence-electron chi connectivity index (χ2n) is 7.05. The molecule has 1 aromatic rings. The number of hydrogen-bond donors (Lipinski definition) is 1. The Labute approximate surface area is 115 Å². The Hall–Kier alpha value is -0.470. The lowest BCUT2D eigenvalue weighted by Gasteiger charge is -2.44. The fourth-order valence-corrected chi connectivity index (χ4v) is 4.99. The van der Waals surface area contributed by atoms with Crippen LogP contribution in [-0.2, 0) is 10.3 Å². The lowest BCUT2D eigenvalue weighted by molar-refractivity contribution is 0.293. The highest BCUT2D eigenvalue weighted by Gasteiger charge is 2.49. The molecular formula is C16H23NS. The van der Waals surface area contributed by atoms with Crippen LogP contribution in [0, 0.1) is 0 Å². The molecule has 1 aliphatic heterocycles. The molecule has 1 saturated heterocycles. The number of fused-ring (bicyclic) bond motifs is 2. The first-order valence-corrected chi connectivity index (χ1v) is 7.87. The largest absolute Gasteiger partial charge is 0.293 e. The van der Waals surface area contributed by atoms with Gasteiger partial charge in [-0.05, 0) is 43.2 Å². The summed E-state index contributed by atoms with van der Waals surface area (Å²) in [4.78, 5) is 0.162. The predicted molar refractivity (Wildman–Crippen MR) is 80.1 cm³/mol. The molecular weight excluding hydrogens is 238 g/mol. The Morgan fingerprint density at radius 3 is 2.28 bits per heavy atom. The molecule has 2 aliphatic rings. The van der Waals surface area contributed by atoms with E-state index < -0.39 is 0 Å². The first-order valence-electron chi connectivity index (χ1n) is 6.88. The maximum absolute atomic E-state index is 3.90. The van der Waals surface area contributed by atoms with E-state index in [1.165, 1.54) is 29.7 Å². The molecule has 1 nitrogen and oxygen atoms in total. The Bertz CT molecular complexity index is 478. The van der Waals surface area contributed by atoms with Gasteiger partial charge in [0.05, 0.1) is 4.87 Å². The summed E-state index contributed by atoms with van der Waals surface area (Å²) in [7, 11) is 0. The summed E-state index contributed by atoms with van der Waals surface area (Å²) in [5.41, 5.74) is 3.63. The van der Waals surface area contributed by atoms with Crippen LogP contribution >= 0.6 is 11.8 Å². The molecule has 0 bridgehead atoms. The van der Waals surface area contributed by atoms with E-state index in [1.54, 1.807) is 0 Å². The third kappa shape index (κ3) is 1.81. The van der Waals surface area contributed by atoms with E-state index in [2.05, 4.69) is 69.0 Å². The Morgan fingerprint density at radius 2 is 1.67 bits per heavy atom. The standard InChI is InChI=1S/C16H23NS/c1-14(2)9-10-16(17-15(3,4)11-18-16)13-8-6-5-7-12(13)14/h5-8,17H,9-11H2,1-4H3. The summed E-state index contributed by atoms with van der Waals surface area (Å²) in [6, 6.07) is 9.03. The molecule has 0 amide bonds. The smallest absolute Gasteiger partial charge is 0.0909 e. The molecule has 0 saturated carbocycles. The van der Waals surface area contributed by atoms with E-state index in [-0.39, 0.29) is 10.4 Å². The van der Waals surface area contributed by atoms with Crippen molar-refractivity contribution in [2.45, 2.75) is 56.4 Å². The second kappa shape index (κ2) is 3.77. The first-order chi connectivity index (χ1) is 8.35. The van der Waals surface area contributed by atoms with Crippen LogP contribution in [-0.4, -0.2) is 11.3 Å². The zero-order valence-electron chi connectivity index (χ0n) is 11.8. The summed E-state index contributed by atoms with van der Waals surface area (Å²) in [6.45, 7) is 9.39. The molecule has 98 valence electrons. The third-order valence-electron chi connectivity index (χ3n) is 4.41. The lowest BCUT2D eigenvalue weighted by Crippen LogP contribution is -2.49. The summed E-state index contributed by atoms with van der Waals surface area (Å²) >= 11 is 2.10. The fourth-order valence-electron chi connectivity index (χ4n) is 3.39. The number of thioether (sulfide) groups is 1. The normalized spacial score (nSPS) is 32.4. The molecule has 1 heterocycles. The SMILES string of the molecule is CC1(C)CSC2(CCC(C)(C)c3ccccc32)N1. The molecule has 2 heteroatoms. The van der Waals surface area contributed by atoms with Gasteiger partial charge < -0.3 is 0 Å². The van der Waals surface area contributed by atoms with Crippen LogP contribution in [0.1, 0.15) is 51.7 Å². The zero-order chi connectivity index (χ0) is 13.0. The van der Waals surface area contributed by atoms with Crippen molar-refractivity contribution in [3.63, 3.8) is 0 Å². The second-order valence-corrected chi connectivity index (χ2v) is 8.33. The number of hydrogen-bond acceptors (Lipinski definition) is 2. The zero-order valence-corrected chi connectivity index (χ0v) is 12.7. The summed E-state index contributed by atoms with van der Waals surface area (Å²) in [5.74, 6) is 1.20. The van der Waals surface area contributed by atoms with Gasteiger partial charge in [-0.25, -0.2) is 0 Å². The molecule has 18 heavy (non-hydrogen) atoms.